The lowest BCUT2D eigenvalue weighted by molar-refractivity contribution is 0.407. The molecule has 0 aliphatic carbocycles. The highest BCUT2D eigenvalue weighted by Crippen LogP contribution is 2.24. The van der Waals surface area contributed by atoms with Crippen LogP contribution in [0.25, 0.3) is 0 Å². The maximum atomic E-state index is 12.1. The van der Waals surface area contributed by atoms with E-state index in [-0.39, 0.29) is 10.6 Å². The van der Waals surface area contributed by atoms with Crippen molar-refractivity contribution in [1.82, 2.24) is 4.83 Å². The average molecular weight is 399 g/mol. The first-order valence-electron chi connectivity index (χ1n) is 6.52. The zero-order valence-corrected chi connectivity index (χ0v) is 14.8. The summed E-state index contributed by atoms with van der Waals surface area (Å²) in [6, 6.07) is 10.8. The number of hydrogen-bond acceptors (Lipinski definition) is 5. The fraction of sp³-hybridized carbons (Fsp3) is 0.133. The van der Waals surface area contributed by atoms with Gasteiger partial charge in [0.05, 0.1) is 17.7 Å². The van der Waals surface area contributed by atoms with Crippen LogP contribution in [0.15, 0.2) is 56.9 Å². The second-order valence-corrected chi connectivity index (χ2v) is 7.21. The molecule has 0 radical (unpaired) electrons. The number of phenolic OH excluding ortho intramolecular Hbond substituents is 1. The average Bonchev–Trinajstić information content (AvgIpc) is 2.53. The van der Waals surface area contributed by atoms with E-state index in [0.717, 1.165) is 4.47 Å². The number of hydrazone groups is 1. The molecule has 0 atom stereocenters. The van der Waals surface area contributed by atoms with Crippen molar-refractivity contribution < 1.29 is 18.3 Å². The molecule has 0 bridgehead atoms. The molecule has 0 fully saturated rings. The Morgan fingerprint density at radius 3 is 2.43 bits per heavy atom. The number of nitrogens with one attached hydrogen (secondary N) is 1. The van der Waals surface area contributed by atoms with Gasteiger partial charge in [0.15, 0.2) is 0 Å². The number of methoxy groups -OCH3 is 1. The number of nitrogens with zero attached hydrogens (tertiary/aromatic N) is 1. The lowest BCUT2D eigenvalue weighted by atomic mass is 10.1. The number of phenols is 1. The smallest absolute Gasteiger partial charge is 0.276 e. The minimum atomic E-state index is -3.77. The Labute approximate surface area is 143 Å². The van der Waals surface area contributed by atoms with Crippen LogP contribution in [0.2, 0.25) is 0 Å². The molecule has 0 heterocycles. The van der Waals surface area contributed by atoms with Gasteiger partial charge in [0.25, 0.3) is 10.0 Å². The SMILES string of the molecule is COc1ccc(/C(C)=N/NS(=O)(=O)c2ccc(Br)cc2)c(O)c1. The maximum absolute atomic E-state index is 12.1. The molecule has 23 heavy (non-hydrogen) atoms. The number of aromatic hydroxyl groups is 1. The summed E-state index contributed by atoms with van der Waals surface area (Å²) >= 11 is 3.24. The third-order valence-electron chi connectivity index (χ3n) is 3.05. The third kappa shape index (κ3) is 4.23. The van der Waals surface area contributed by atoms with E-state index in [2.05, 4.69) is 25.9 Å². The topological polar surface area (TPSA) is 88.0 Å². The highest BCUT2D eigenvalue weighted by atomic mass is 79.9. The van der Waals surface area contributed by atoms with Gasteiger partial charge in [-0.25, -0.2) is 0 Å². The summed E-state index contributed by atoms with van der Waals surface area (Å²) in [6.45, 7) is 1.59. The van der Waals surface area contributed by atoms with Crippen LogP contribution in [-0.2, 0) is 10.0 Å². The molecule has 0 saturated heterocycles. The van der Waals surface area contributed by atoms with Gasteiger partial charge in [-0.1, -0.05) is 15.9 Å². The summed E-state index contributed by atoms with van der Waals surface area (Å²) in [5.41, 5.74) is 0.732. The first-order valence-corrected chi connectivity index (χ1v) is 8.80. The van der Waals surface area contributed by atoms with E-state index in [1.54, 1.807) is 31.2 Å². The summed E-state index contributed by atoms with van der Waals surface area (Å²) < 4.78 is 30.1. The van der Waals surface area contributed by atoms with Crippen molar-refractivity contribution in [3.63, 3.8) is 0 Å². The molecule has 0 spiro atoms. The van der Waals surface area contributed by atoms with Crippen molar-refractivity contribution in [2.45, 2.75) is 11.8 Å². The van der Waals surface area contributed by atoms with E-state index >= 15 is 0 Å². The normalized spacial score (nSPS) is 12.0. The van der Waals surface area contributed by atoms with Crippen LogP contribution in [0.3, 0.4) is 0 Å². The molecule has 0 saturated carbocycles. The van der Waals surface area contributed by atoms with Gasteiger partial charge in [-0.05, 0) is 43.3 Å². The van der Waals surface area contributed by atoms with Crippen LogP contribution in [-0.4, -0.2) is 26.3 Å². The van der Waals surface area contributed by atoms with E-state index in [0.29, 0.717) is 17.0 Å². The van der Waals surface area contributed by atoms with Gasteiger partial charge in [-0.3, -0.25) is 0 Å². The van der Waals surface area contributed by atoms with Crippen molar-refractivity contribution in [2.75, 3.05) is 7.11 Å². The monoisotopic (exact) mass is 398 g/mol. The van der Waals surface area contributed by atoms with Gasteiger partial charge >= 0.3 is 0 Å². The quantitative estimate of drug-likeness (QED) is 0.598. The maximum Gasteiger partial charge on any atom is 0.276 e. The second kappa shape index (κ2) is 7.01. The highest BCUT2D eigenvalue weighted by molar-refractivity contribution is 9.10. The molecule has 8 heteroatoms. The van der Waals surface area contributed by atoms with Gasteiger partial charge in [0, 0.05) is 16.1 Å². The third-order valence-corrected chi connectivity index (χ3v) is 4.81. The Morgan fingerprint density at radius 1 is 1.22 bits per heavy atom. The Morgan fingerprint density at radius 2 is 1.87 bits per heavy atom. The van der Waals surface area contributed by atoms with Gasteiger partial charge < -0.3 is 9.84 Å². The molecule has 122 valence electrons. The largest absolute Gasteiger partial charge is 0.507 e. The van der Waals surface area contributed by atoms with E-state index in [1.807, 2.05) is 0 Å². The number of hydrogen-bond donors (Lipinski definition) is 2. The standard InChI is InChI=1S/C15H15BrN2O4S/c1-10(14-8-5-12(22-2)9-15(14)19)17-18-23(20,21)13-6-3-11(16)4-7-13/h3-9,18-19H,1-2H3/b17-10+. The highest BCUT2D eigenvalue weighted by Gasteiger charge is 2.13. The van der Waals surface area contributed by atoms with Crippen LogP contribution in [0.5, 0.6) is 11.5 Å². The molecule has 2 aromatic carbocycles. The van der Waals surface area contributed by atoms with Crippen molar-refractivity contribution in [2.24, 2.45) is 5.10 Å². The molecular formula is C15H15BrN2O4S. The molecule has 0 unspecified atom stereocenters. The van der Waals surface area contributed by atoms with Gasteiger partial charge in [0.1, 0.15) is 11.5 Å². The van der Waals surface area contributed by atoms with E-state index in [9.17, 15) is 13.5 Å². The van der Waals surface area contributed by atoms with Crippen LogP contribution in [0.4, 0.5) is 0 Å². The number of sulfonamides is 1. The molecule has 2 aromatic rings. The first kappa shape index (κ1) is 17.3. The van der Waals surface area contributed by atoms with Gasteiger partial charge in [0.2, 0.25) is 0 Å². The van der Waals surface area contributed by atoms with Crippen LogP contribution in [0.1, 0.15) is 12.5 Å². The number of rotatable bonds is 5. The molecule has 6 nitrogen and oxygen atoms in total. The Bertz CT molecular complexity index is 833. The molecular weight excluding hydrogens is 384 g/mol. The predicted octanol–water partition coefficient (Wildman–Crippen LogP) is 2.87. The number of halogens is 1. The zero-order valence-electron chi connectivity index (χ0n) is 12.4. The van der Waals surface area contributed by atoms with Gasteiger partial charge in [-0.2, -0.15) is 18.4 Å². The molecule has 0 amide bonds. The Hall–Kier alpha value is -2.06. The molecule has 0 aromatic heterocycles. The van der Waals surface area contributed by atoms with Crippen LogP contribution in [0, 0.1) is 0 Å². The lowest BCUT2D eigenvalue weighted by Crippen LogP contribution is -2.19. The van der Waals surface area contributed by atoms with E-state index in [4.69, 9.17) is 4.74 Å². The van der Waals surface area contributed by atoms with E-state index < -0.39 is 10.0 Å². The van der Waals surface area contributed by atoms with E-state index in [1.165, 1.54) is 25.3 Å². The predicted molar refractivity (Wildman–Crippen MR) is 91.3 cm³/mol. The Balaban J connectivity index is 2.23. The Kier molecular flexibility index (Phi) is 5.27. The van der Waals surface area contributed by atoms with Crippen molar-refractivity contribution in [1.29, 1.82) is 0 Å². The summed E-state index contributed by atoms with van der Waals surface area (Å²) in [6.07, 6.45) is 0. The fourth-order valence-electron chi connectivity index (χ4n) is 1.80. The number of benzene rings is 2. The summed E-state index contributed by atoms with van der Waals surface area (Å²) in [5.74, 6) is 0.447. The minimum Gasteiger partial charge on any atom is -0.507 e. The summed E-state index contributed by atoms with van der Waals surface area (Å²) in [4.78, 5) is 2.25. The molecule has 2 N–H and O–H groups in total. The fourth-order valence-corrected chi connectivity index (χ4v) is 2.92. The zero-order chi connectivity index (χ0) is 17.0. The van der Waals surface area contributed by atoms with Crippen molar-refractivity contribution in [3.8, 4) is 11.5 Å². The van der Waals surface area contributed by atoms with Crippen molar-refractivity contribution in [3.05, 3.63) is 52.5 Å². The van der Waals surface area contributed by atoms with Gasteiger partial charge in [-0.15, -0.1) is 0 Å². The molecule has 0 aliphatic heterocycles. The summed E-state index contributed by atoms with van der Waals surface area (Å²) in [5, 5.41) is 13.8. The van der Waals surface area contributed by atoms with Crippen LogP contribution < -0.4 is 9.57 Å². The lowest BCUT2D eigenvalue weighted by Gasteiger charge is -2.08. The second-order valence-electron chi connectivity index (χ2n) is 4.63. The molecule has 0 aliphatic rings. The first-order chi connectivity index (χ1) is 10.8. The minimum absolute atomic E-state index is 0.0477. The molecule has 2 rings (SSSR count). The summed E-state index contributed by atoms with van der Waals surface area (Å²) in [7, 11) is -2.28. The van der Waals surface area contributed by atoms with Crippen molar-refractivity contribution >= 4 is 31.7 Å². The van der Waals surface area contributed by atoms with Crippen LogP contribution >= 0.6 is 15.9 Å². The number of ether oxygens (including phenoxy) is 1.